The van der Waals surface area contributed by atoms with E-state index in [9.17, 15) is 0 Å². The molecule has 0 aliphatic rings. The third kappa shape index (κ3) is 3.23. The van der Waals surface area contributed by atoms with E-state index in [2.05, 4.69) is 47.6 Å². The van der Waals surface area contributed by atoms with E-state index in [0.29, 0.717) is 6.54 Å². The van der Waals surface area contributed by atoms with Crippen LogP contribution in [0.4, 0.5) is 0 Å². The number of hydrogen-bond donors (Lipinski definition) is 1. The van der Waals surface area contributed by atoms with Crippen molar-refractivity contribution >= 4 is 11.3 Å². The molecule has 2 rings (SSSR count). The average molecular weight is 278 g/mol. The van der Waals surface area contributed by atoms with Gasteiger partial charge in [-0.05, 0) is 24.9 Å². The van der Waals surface area contributed by atoms with Gasteiger partial charge in [0.2, 0.25) is 0 Å². The topological polar surface area (TPSA) is 47.1 Å². The van der Waals surface area contributed by atoms with Crippen molar-refractivity contribution in [2.75, 3.05) is 13.1 Å². The SMILES string of the molecule is CCN(Cc1cccs1)C(CN)c1cn(C)nc1C. The first kappa shape index (κ1) is 14.2. The number of rotatable bonds is 6. The van der Waals surface area contributed by atoms with Crippen molar-refractivity contribution in [1.82, 2.24) is 14.7 Å². The molecule has 0 aromatic carbocycles. The predicted molar refractivity (Wildman–Crippen MR) is 80.1 cm³/mol. The predicted octanol–water partition coefficient (Wildman–Crippen LogP) is 2.31. The van der Waals surface area contributed by atoms with Crippen LogP contribution in [0.2, 0.25) is 0 Å². The molecule has 0 saturated carbocycles. The summed E-state index contributed by atoms with van der Waals surface area (Å²) in [6.45, 7) is 6.78. The highest BCUT2D eigenvalue weighted by Crippen LogP contribution is 2.25. The van der Waals surface area contributed by atoms with Gasteiger partial charge in [0.25, 0.3) is 0 Å². The smallest absolute Gasteiger partial charge is 0.0641 e. The van der Waals surface area contributed by atoms with Crippen LogP contribution in [0, 0.1) is 6.92 Å². The van der Waals surface area contributed by atoms with E-state index in [1.165, 1.54) is 10.4 Å². The van der Waals surface area contributed by atoms with Crippen LogP contribution >= 0.6 is 11.3 Å². The van der Waals surface area contributed by atoms with Crippen molar-refractivity contribution in [2.45, 2.75) is 26.4 Å². The maximum absolute atomic E-state index is 6.01. The van der Waals surface area contributed by atoms with Gasteiger partial charge in [0.05, 0.1) is 11.7 Å². The first-order chi connectivity index (χ1) is 9.15. The molecule has 2 aromatic rings. The van der Waals surface area contributed by atoms with Gasteiger partial charge >= 0.3 is 0 Å². The molecule has 5 heteroatoms. The van der Waals surface area contributed by atoms with E-state index in [-0.39, 0.29) is 6.04 Å². The van der Waals surface area contributed by atoms with Crippen LogP contribution in [0.5, 0.6) is 0 Å². The van der Waals surface area contributed by atoms with Crippen LogP contribution in [0.1, 0.15) is 29.1 Å². The second-order valence-electron chi connectivity index (χ2n) is 4.74. The largest absolute Gasteiger partial charge is 0.329 e. The summed E-state index contributed by atoms with van der Waals surface area (Å²) in [6.07, 6.45) is 2.09. The monoisotopic (exact) mass is 278 g/mol. The minimum atomic E-state index is 0.237. The number of likely N-dealkylation sites (N-methyl/N-ethyl adjacent to an activating group) is 1. The Labute approximate surface area is 118 Å². The molecule has 104 valence electrons. The molecule has 1 unspecified atom stereocenters. The number of nitrogens with two attached hydrogens (primary N) is 1. The first-order valence-electron chi connectivity index (χ1n) is 6.62. The highest BCUT2D eigenvalue weighted by Gasteiger charge is 2.21. The molecular formula is C14H22N4S. The van der Waals surface area contributed by atoms with Crippen LogP contribution < -0.4 is 5.73 Å². The van der Waals surface area contributed by atoms with Crippen molar-refractivity contribution < 1.29 is 0 Å². The summed E-state index contributed by atoms with van der Waals surface area (Å²) in [5, 5.41) is 6.55. The quantitative estimate of drug-likeness (QED) is 0.882. The Morgan fingerprint density at radius 3 is 2.79 bits per heavy atom. The van der Waals surface area contributed by atoms with Crippen LogP contribution in [-0.4, -0.2) is 27.8 Å². The minimum absolute atomic E-state index is 0.237. The normalized spacial score (nSPS) is 13.1. The fraction of sp³-hybridized carbons (Fsp3) is 0.500. The van der Waals surface area contributed by atoms with Gasteiger partial charge in [-0.1, -0.05) is 13.0 Å². The van der Waals surface area contributed by atoms with Gasteiger partial charge in [-0.2, -0.15) is 5.10 Å². The van der Waals surface area contributed by atoms with Gasteiger partial charge in [-0.25, -0.2) is 0 Å². The van der Waals surface area contributed by atoms with Crippen molar-refractivity contribution in [2.24, 2.45) is 12.8 Å². The van der Waals surface area contributed by atoms with Gasteiger partial charge in [-0.3, -0.25) is 9.58 Å². The summed E-state index contributed by atoms with van der Waals surface area (Å²) in [7, 11) is 1.96. The summed E-state index contributed by atoms with van der Waals surface area (Å²) in [5.74, 6) is 0. The molecule has 0 fully saturated rings. The lowest BCUT2D eigenvalue weighted by Crippen LogP contribution is -2.33. The van der Waals surface area contributed by atoms with Gasteiger partial charge in [-0.15, -0.1) is 11.3 Å². The summed E-state index contributed by atoms with van der Waals surface area (Å²) >= 11 is 1.80. The lowest BCUT2D eigenvalue weighted by molar-refractivity contribution is 0.204. The van der Waals surface area contributed by atoms with E-state index in [1.54, 1.807) is 11.3 Å². The standard InChI is InChI=1S/C14H22N4S/c1-4-18(9-12-6-5-7-19-12)14(8-15)13-10-17(3)16-11(13)2/h5-7,10,14H,4,8-9,15H2,1-3H3. The van der Waals surface area contributed by atoms with Gasteiger partial charge in [0.15, 0.2) is 0 Å². The minimum Gasteiger partial charge on any atom is -0.329 e. The molecule has 0 aliphatic carbocycles. The first-order valence-corrected chi connectivity index (χ1v) is 7.50. The van der Waals surface area contributed by atoms with Gasteiger partial charge < -0.3 is 5.73 Å². The highest BCUT2D eigenvalue weighted by atomic mass is 32.1. The van der Waals surface area contributed by atoms with E-state index in [1.807, 2.05) is 11.7 Å². The Bertz CT molecular complexity index is 504. The zero-order valence-corrected chi connectivity index (χ0v) is 12.7. The van der Waals surface area contributed by atoms with Crippen LogP contribution in [0.25, 0.3) is 0 Å². The summed E-state index contributed by atoms with van der Waals surface area (Å²) in [4.78, 5) is 3.79. The number of aromatic nitrogens is 2. The molecule has 0 saturated heterocycles. The Hall–Kier alpha value is -1.17. The zero-order valence-electron chi connectivity index (χ0n) is 11.8. The molecule has 0 amide bonds. The molecule has 0 spiro atoms. The second-order valence-corrected chi connectivity index (χ2v) is 5.77. The van der Waals surface area contributed by atoms with Crippen molar-refractivity contribution in [3.63, 3.8) is 0 Å². The van der Waals surface area contributed by atoms with E-state index in [4.69, 9.17) is 5.73 Å². The molecule has 2 aromatic heterocycles. The summed E-state index contributed by atoms with van der Waals surface area (Å²) < 4.78 is 1.87. The number of thiophene rings is 1. The van der Waals surface area contributed by atoms with Crippen LogP contribution in [0.15, 0.2) is 23.7 Å². The van der Waals surface area contributed by atoms with Crippen LogP contribution in [-0.2, 0) is 13.6 Å². The van der Waals surface area contributed by atoms with E-state index in [0.717, 1.165) is 18.8 Å². The van der Waals surface area contributed by atoms with Gasteiger partial charge in [0, 0.05) is 36.8 Å². The molecule has 0 aliphatic heterocycles. The zero-order chi connectivity index (χ0) is 13.8. The third-order valence-corrected chi connectivity index (χ3v) is 4.28. The molecular weight excluding hydrogens is 256 g/mol. The molecule has 19 heavy (non-hydrogen) atoms. The maximum atomic E-state index is 6.01. The Morgan fingerprint density at radius 1 is 1.53 bits per heavy atom. The Kier molecular flexibility index (Phi) is 4.74. The van der Waals surface area contributed by atoms with E-state index < -0.39 is 0 Å². The molecule has 2 heterocycles. The maximum Gasteiger partial charge on any atom is 0.0641 e. The summed E-state index contributed by atoms with van der Waals surface area (Å²) in [6, 6.07) is 4.51. The number of hydrogen-bond acceptors (Lipinski definition) is 4. The average Bonchev–Trinajstić information content (AvgIpc) is 2.99. The number of nitrogens with zero attached hydrogens (tertiary/aromatic N) is 3. The highest BCUT2D eigenvalue weighted by molar-refractivity contribution is 7.09. The molecule has 2 N–H and O–H groups in total. The molecule has 0 bridgehead atoms. The molecule has 1 atom stereocenters. The fourth-order valence-corrected chi connectivity index (χ4v) is 3.19. The third-order valence-electron chi connectivity index (χ3n) is 3.42. The van der Waals surface area contributed by atoms with E-state index >= 15 is 0 Å². The number of aryl methyl sites for hydroxylation is 2. The van der Waals surface area contributed by atoms with Crippen molar-refractivity contribution in [3.8, 4) is 0 Å². The Morgan fingerprint density at radius 2 is 2.32 bits per heavy atom. The molecule has 0 radical (unpaired) electrons. The second kappa shape index (κ2) is 6.32. The van der Waals surface area contributed by atoms with Crippen molar-refractivity contribution in [1.29, 1.82) is 0 Å². The lowest BCUT2D eigenvalue weighted by atomic mass is 10.1. The Balaban J connectivity index is 2.21. The van der Waals surface area contributed by atoms with Crippen LogP contribution in [0.3, 0.4) is 0 Å². The van der Waals surface area contributed by atoms with Gasteiger partial charge in [0.1, 0.15) is 0 Å². The fourth-order valence-electron chi connectivity index (χ4n) is 2.46. The summed E-state index contributed by atoms with van der Waals surface area (Å²) in [5.41, 5.74) is 8.32. The lowest BCUT2D eigenvalue weighted by Gasteiger charge is -2.29. The molecule has 4 nitrogen and oxygen atoms in total. The van der Waals surface area contributed by atoms with Crippen molar-refractivity contribution in [3.05, 3.63) is 39.8 Å².